The van der Waals surface area contributed by atoms with Crippen molar-refractivity contribution < 1.29 is 14.1 Å². The second-order valence-corrected chi connectivity index (χ2v) is 4.03. The second-order valence-electron chi connectivity index (χ2n) is 4.03. The van der Waals surface area contributed by atoms with Crippen LogP contribution in [0.2, 0.25) is 0 Å². The van der Waals surface area contributed by atoms with Crippen molar-refractivity contribution in [1.82, 2.24) is 25.8 Å². The van der Waals surface area contributed by atoms with Gasteiger partial charge in [-0.3, -0.25) is 4.79 Å². The molecule has 2 aromatic rings. The Morgan fingerprint density at radius 3 is 3.10 bits per heavy atom. The van der Waals surface area contributed by atoms with Crippen molar-refractivity contribution in [1.29, 1.82) is 0 Å². The Bertz CT molecular complexity index is 651. The van der Waals surface area contributed by atoms with Gasteiger partial charge >= 0.3 is 6.03 Å². The summed E-state index contributed by atoms with van der Waals surface area (Å²) in [5, 5.41) is 8.83. The molecule has 0 radical (unpaired) electrons. The first-order chi connectivity index (χ1) is 10.2. The molecule has 21 heavy (non-hydrogen) atoms. The van der Waals surface area contributed by atoms with E-state index in [1.54, 1.807) is 19.2 Å². The SMILES string of the molecule is COCCNC(=O)NCc1nc(-c2ccc[nH]c2=O)no1. The van der Waals surface area contributed by atoms with E-state index in [9.17, 15) is 9.59 Å². The van der Waals surface area contributed by atoms with Crippen LogP contribution in [-0.2, 0) is 11.3 Å². The van der Waals surface area contributed by atoms with Gasteiger partial charge < -0.3 is 24.9 Å². The number of methoxy groups -OCH3 is 1. The third kappa shape index (κ3) is 4.14. The number of amides is 2. The maximum atomic E-state index is 11.6. The van der Waals surface area contributed by atoms with Gasteiger partial charge in [0.05, 0.1) is 18.7 Å². The molecule has 0 fully saturated rings. The normalized spacial score (nSPS) is 10.3. The zero-order valence-corrected chi connectivity index (χ0v) is 11.4. The summed E-state index contributed by atoms with van der Waals surface area (Å²) >= 11 is 0. The number of nitrogens with one attached hydrogen (secondary N) is 3. The molecule has 0 aliphatic heterocycles. The summed E-state index contributed by atoms with van der Waals surface area (Å²) in [4.78, 5) is 29.5. The number of aromatic nitrogens is 3. The topological polar surface area (TPSA) is 122 Å². The van der Waals surface area contributed by atoms with Crippen molar-refractivity contribution in [3.05, 3.63) is 34.6 Å². The molecule has 3 N–H and O–H groups in total. The fourth-order valence-corrected chi connectivity index (χ4v) is 1.52. The lowest BCUT2D eigenvalue weighted by Crippen LogP contribution is -2.36. The van der Waals surface area contributed by atoms with Gasteiger partial charge in [0, 0.05) is 19.9 Å². The van der Waals surface area contributed by atoms with Crippen LogP contribution in [0.3, 0.4) is 0 Å². The van der Waals surface area contributed by atoms with Gasteiger partial charge in [0.15, 0.2) is 0 Å². The molecule has 2 heterocycles. The van der Waals surface area contributed by atoms with E-state index in [2.05, 4.69) is 25.8 Å². The number of pyridine rings is 1. The van der Waals surface area contributed by atoms with Crippen LogP contribution in [0.1, 0.15) is 5.89 Å². The standard InChI is InChI=1S/C12H15N5O4/c1-20-6-5-14-12(19)15-7-9-16-10(17-21-9)8-3-2-4-13-11(8)18/h2-4H,5-7H2,1H3,(H,13,18)(H2,14,15,19). The first-order valence-electron chi connectivity index (χ1n) is 6.22. The molecular formula is C12H15N5O4. The lowest BCUT2D eigenvalue weighted by atomic mass is 10.3. The lowest BCUT2D eigenvalue weighted by Gasteiger charge is -2.04. The number of carbonyl (C=O) groups is 1. The molecule has 2 rings (SSSR count). The zero-order chi connectivity index (χ0) is 15.1. The average Bonchev–Trinajstić information content (AvgIpc) is 2.94. The van der Waals surface area contributed by atoms with E-state index in [4.69, 9.17) is 9.26 Å². The number of hydrogen-bond donors (Lipinski definition) is 3. The van der Waals surface area contributed by atoms with Gasteiger partial charge in [0.2, 0.25) is 11.7 Å². The molecule has 2 amide bonds. The van der Waals surface area contributed by atoms with Gasteiger partial charge in [0.1, 0.15) is 0 Å². The summed E-state index contributed by atoms with van der Waals surface area (Å²) in [5.41, 5.74) is -0.00726. The Morgan fingerprint density at radius 1 is 1.48 bits per heavy atom. The number of nitrogens with zero attached hydrogens (tertiary/aromatic N) is 2. The Hall–Kier alpha value is -2.68. The monoisotopic (exact) mass is 293 g/mol. The molecule has 0 aliphatic carbocycles. The molecule has 9 heteroatoms. The average molecular weight is 293 g/mol. The van der Waals surface area contributed by atoms with E-state index in [-0.39, 0.29) is 29.9 Å². The Kier molecular flexibility index (Phi) is 5.04. The van der Waals surface area contributed by atoms with E-state index in [1.807, 2.05) is 0 Å². The van der Waals surface area contributed by atoms with E-state index in [0.29, 0.717) is 18.7 Å². The minimum atomic E-state index is -0.371. The van der Waals surface area contributed by atoms with E-state index in [1.165, 1.54) is 6.20 Å². The molecule has 0 saturated heterocycles. The number of aromatic amines is 1. The van der Waals surface area contributed by atoms with Crippen molar-refractivity contribution in [2.75, 3.05) is 20.3 Å². The zero-order valence-electron chi connectivity index (χ0n) is 11.4. The number of hydrogen-bond acceptors (Lipinski definition) is 6. The molecule has 0 spiro atoms. The molecule has 9 nitrogen and oxygen atoms in total. The van der Waals surface area contributed by atoms with Crippen LogP contribution in [-0.4, -0.2) is 41.4 Å². The molecule has 112 valence electrons. The molecule has 0 atom stereocenters. The smallest absolute Gasteiger partial charge is 0.315 e. The molecule has 0 unspecified atom stereocenters. The highest BCUT2D eigenvalue weighted by molar-refractivity contribution is 5.73. The van der Waals surface area contributed by atoms with Crippen LogP contribution < -0.4 is 16.2 Å². The first kappa shape index (κ1) is 14.7. The van der Waals surface area contributed by atoms with Gasteiger partial charge in [0.25, 0.3) is 5.56 Å². The van der Waals surface area contributed by atoms with Crippen LogP contribution in [0.15, 0.2) is 27.6 Å². The number of carbonyl (C=O) groups excluding carboxylic acids is 1. The first-order valence-corrected chi connectivity index (χ1v) is 6.22. The summed E-state index contributed by atoms with van der Waals surface area (Å²) in [5.74, 6) is 0.378. The fourth-order valence-electron chi connectivity index (χ4n) is 1.52. The molecule has 0 aliphatic rings. The molecule has 0 bridgehead atoms. The summed E-state index contributed by atoms with van der Waals surface area (Å²) in [6.45, 7) is 0.891. The highest BCUT2D eigenvalue weighted by Crippen LogP contribution is 2.09. The maximum absolute atomic E-state index is 11.6. The third-order valence-electron chi connectivity index (χ3n) is 2.52. The number of H-pyrrole nitrogens is 1. The fraction of sp³-hybridized carbons (Fsp3) is 0.333. The largest absolute Gasteiger partial charge is 0.383 e. The molecular weight excluding hydrogens is 278 g/mol. The molecule has 0 aromatic carbocycles. The maximum Gasteiger partial charge on any atom is 0.315 e. The second kappa shape index (κ2) is 7.20. The van der Waals surface area contributed by atoms with Crippen LogP contribution in [0.5, 0.6) is 0 Å². The number of rotatable bonds is 6. The van der Waals surface area contributed by atoms with Crippen molar-refractivity contribution >= 4 is 6.03 Å². The van der Waals surface area contributed by atoms with E-state index < -0.39 is 0 Å². The summed E-state index contributed by atoms with van der Waals surface area (Å²) < 4.78 is 9.77. The van der Waals surface area contributed by atoms with Crippen LogP contribution in [0, 0.1) is 0 Å². The molecule has 2 aromatic heterocycles. The summed E-state index contributed by atoms with van der Waals surface area (Å²) in [6.07, 6.45) is 1.51. The van der Waals surface area contributed by atoms with Gasteiger partial charge in [-0.05, 0) is 12.1 Å². The van der Waals surface area contributed by atoms with Crippen molar-refractivity contribution in [2.45, 2.75) is 6.54 Å². The van der Waals surface area contributed by atoms with Crippen LogP contribution in [0.25, 0.3) is 11.4 Å². The number of urea groups is 1. The van der Waals surface area contributed by atoms with E-state index >= 15 is 0 Å². The highest BCUT2D eigenvalue weighted by Gasteiger charge is 2.12. The van der Waals surface area contributed by atoms with Gasteiger partial charge in [-0.1, -0.05) is 5.16 Å². The Morgan fingerprint density at radius 2 is 2.33 bits per heavy atom. The Labute approximate surface area is 119 Å². The summed E-state index contributed by atoms with van der Waals surface area (Å²) in [6, 6.07) is 2.87. The van der Waals surface area contributed by atoms with Gasteiger partial charge in [-0.15, -0.1) is 0 Å². The predicted molar refractivity (Wildman–Crippen MR) is 72.5 cm³/mol. The quantitative estimate of drug-likeness (QED) is 0.638. The summed E-state index contributed by atoms with van der Waals surface area (Å²) in [7, 11) is 1.55. The van der Waals surface area contributed by atoms with Gasteiger partial charge in [-0.2, -0.15) is 4.98 Å². The predicted octanol–water partition coefficient (Wildman–Crippen LogP) is -0.130. The van der Waals surface area contributed by atoms with Crippen molar-refractivity contribution in [3.8, 4) is 11.4 Å². The lowest BCUT2D eigenvalue weighted by molar-refractivity contribution is 0.195. The van der Waals surface area contributed by atoms with Crippen molar-refractivity contribution in [2.24, 2.45) is 0 Å². The van der Waals surface area contributed by atoms with Crippen LogP contribution >= 0.6 is 0 Å². The number of ether oxygens (including phenoxy) is 1. The van der Waals surface area contributed by atoms with Gasteiger partial charge in [-0.25, -0.2) is 4.79 Å². The third-order valence-corrected chi connectivity index (χ3v) is 2.52. The minimum absolute atomic E-state index is 0.0660. The highest BCUT2D eigenvalue weighted by atomic mass is 16.5. The van der Waals surface area contributed by atoms with Crippen LogP contribution in [0.4, 0.5) is 4.79 Å². The minimum Gasteiger partial charge on any atom is -0.383 e. The van der Waals surface area contributed by atoms with Crippen molar-refractivity contribution in [3.63, 3.8) is 0 Å². The van der Waals surface area contributed by atoms with E-state index in [0.717, 1.165) is 0 Å². The Balaban J connectivity index is 1.91. The molecule has 0 saturated carbocycles.